The summed E-state index contributed by atoms with van der Waals surface area (Å²) in [5.41, 5.74) is 0.191. The highest BCUT2D eigenvalue weighted by Gasteiger charge is 2.33. The van der Waals surface area contributed by atoms with E-state index in [1.54, 1.807) is 13.0 Å². The summed E-state index contributed by atoms with van der Waals surface area (Å²) >= 11 is 0. The molecule has 1 atom stereocenters. The molecule has 1 aromatic carbocycles. The van der Waals surface area contributed by atoms with Crippen LogP contribution in [0.25, 0.3) is 0 Å². The summed E-state index contributed by atoms with van der Waals surface area (Å²) in [7, 11) is -2.46. The molecular weight excluding hydrogens is 388 g/mol. The van der Waals surface area contributed by atoms with Gasteiger partial charge in [-0.25, -0.2) is 13.4 Å². The van der Waals surface area contributed by atoms with Crippen molar-refractivity contribution in [3.05, 3.63) is 46.1 Å². The molecule has 11 heteroatoms. The van der Waals surface area contributed by atoms with Gasteiger partial charge in [0, 0.05) is 30.9 Å². The van der Waals surface area contributed by atoms with Crippen LogP contribution >= 0.6 is 0 Å². The van der Waals surface area contributed by atoms with Crippen molar-refractivity contribution >= 4 is 15.7 Å². The van der Waals surface area contributed by atoms with Crippen LogP contribution in [0.3, 0.4) is 0 Å². The molecule has 1 saturated heterocycles. The Hall–Kier alpha value is -2.79. The molecule has 1 unspecified atom stereocenters. The molecule has 1 aliphatic rings. The topological polar surface area (TPSA) is 125 Å². The molecule has 0 bridgehead atoms. The smallest absolute Gasteiger partial charge is 0.319 e. The number of piperidine rings is 1. The van der Waals surface area contributed by atoms with Gasteiger partial charge in [-0.2, -0.15) is 9.29 Å². The van der Waals surface area contributed by atoms with Gasteiger partial charge in [-0.15, -0.1) is 0 Å². The number of aromatic nitrogens is 2. The summed E-state index contributed by atoms with van der Waals surface area (Å²) in [6.45, 7) is 2.05. The number of aryl methyl sites for hydroxylation is 1. The highest BCUT2D eigenvalue weighted by molar-refractivity contribution is 7.89. The second kappa shape index (κ2) is 8.07. The van der Waals surface area contributed by atoms with Gasteiger partial charge in [0.1, 0.15) is 6.10 Å². The van der Waals surface area contributed by atoms with Crippen LogP contribution in [0.1, 0.15) is 18.4 Å². The lowest BCUT2D eigenvalue weighted by Crippen LogP contribution is -2.44. The molecule has 1 fully saturated rings. The molecule has 0 aliphatic carbocycles. The first-order chi connectivity index (χ1) is 13.3. The van der Waals surface area contributed by atoms with Gasteiger partial charge in [0.15, 0.2) is 0 Å². The molecule has 2 heterocycles. The molecule has 0 amide bonds. The molecule has 1 aromatic heterocycles. The molecule has 0 spiro atoms. The van der Waals surface area contributed by atoms with E-state index in [2.05, 4.69) is 9.97 Å². The Balaban J connectivity index is 1.81. The van der Waals surface area contributed by atoms with E-state index in [0.717, 1.165) is 6.07 Å². The van der Waals surface area contributed by atoms with Crippen LogP contribution in [0.5, 0.6) is 11.9 Å². The Bertz CT molecular complexity index is 981. The molecule has 1 aliphatic heterocycles. The van der Waals surface area contributed by atoms with Crippen LogP contribution in [-0.2, 0) is 10.0 Å². The van der Waals surface area contributed by atoms with Crippen LogP contribution in [0.2, 0.25) is 0 Å². The summed E-state index contributed by atoms with van der Waals surface area (Å²) in [5.74, 6) is 0.294. The Morgan fingerprint density at radius 1 is 1.32 bits per heavy atom. The number of hydrogen-bond acceptors (Lipinski definition) is 8. The fraction of sp³-hybridized carbons (Fsp3) is 0.412. The van der Waals surface area contributed by atoms with Gasteiger partial charge >= 0.3 is 6.01 Å². The van der Waals surface area contributed by atoms with Crippen LogP contribution in [0.15, 0.2) is 35.4 Å². The summed E-state index contributed by atoms with van der Waals surface area (Å²) < 4.78 is 38.2. The lowest BCUT2D eigenvalue weighted by Gasteiger charge is -2.32. The third-order valence-electron chi connectivity index (χ3n) is 4.42. The van der Waals surface area contributed by atoms with E-state index in [-0.39, 0.29) is 23.1 Å². The number of sulfonamides is 1. The van der Waals surface area contributed by atoms with Crippen molar-refractivity contribution < 1.29 is 22.8 Å². The van der Waals surface area contributed by atoms with Crippen LogP contribution in [-0.4, -0.2) is 53.9 Å². The van der Waals surface area contributed by atoms with Gasteiger partial charge in [0.05, 0.1) is 23.5 Å². The molecule has 2 aromatic rings. The van der Waals surface area contributed by atoms with E-state index in [4.69, 9.17) is 9.47 Å². The fourth-order valence-corrected chi connectivity index (χ4v) is 4.75. The standard InChI is InChI=1S/C17H20N4O6S/c1-12-5-6-13(21(22)23)10-15(12)28(24,25)20-9-3-4-14(11-20)27-16-7-8-18-17(19-16)26-2/h5-8,10,14H,3-4,9,11H2,1-2H3. The minimum absolute atomic E-state index is 0.0638. The van der Waals surface area contributed by atoms with E-state index in [1.165, 1.54) is 29.7 Å². The van der Waals surface area contributed by atoms with Gasteiger partial charge < -0.3 is 9.47 Å². The second-order valence-electron chi connectivity index (χ2n) is 6.33. The number of methoxy groups -OCH3 is 1. The lowest BCUT2D eigenvalue weighted by molar-refractivity contribution is -0.385. The number of ether oxygens (including phenoxy) is 2. The van der Waals surface area contributed by atoms with Crippen LogP contribution < -0.4 is 9.47 Å². The predicted molar refractivity (Wildman–Crippen MR) is 98.8 cm³/mol. The van der Waals surface area contributed by atoms with Crippen LogP contribution in [0.4, 0.5) is 5.69 Å². The van der Waals surface area contributed by atoms with Crippen molar-refractivity contribution in [1.29, 1.82) is 0 Å². The van der Waals surface area contributed by atoms with E-state index in [1.807, 2.05) is 0 Å². The number of nitro groups is 1. The van der Waals surface area contributed by atoms with Gasteiger partial charge in [0.2, 0.25) is 15.9 Å². The number of benzene rings is 1. The average molecular weight is 408 g/mol. The Morgan fingerprint density at radius 3 is 2.82 bits per heavy atom. The van der Waals surface area contributed by atoms with E-state index >= 15 is 0 Å². The van der Waals surface area contributed by atoms with E-state index in [0.29, 0.717) is 30.8 Å². The summed E-state index contributed by atoms with van der Waals surface area (Å²) in [4.78, 5) is 18.3. The van der Waals surface area contributed by atoms with Crippen molar-refractivity contribution in [3.8, 4) is 11.9 Å². The number of nitro benzene ring substituents is 1. The van der Waals surface area contributed by atoms with E-state index in [9.17, 15) is 18.5 Å². The molecule has 150 valence electrons. The van der Waals surface area contributed by atoms with Crippen molar-refractivity contribution in [2.24, 2.45) is 0 Å². The van der Waals surface area contributed by atoms with Crippen molar-refractivity contribution in [3.63, 3.8) is 0 Å². The molecule has 0 radical (unpaired) electrons. The quantitative estimate of drug-likeness (QED) is 0.524. The first-order valence-corrected chi connectivity index (χ1v) is 10.0. The first-order valence-electron chi connectivity index (χ1n) is 8.60. The largest absolute Gasteiger partial charge is 0.473 e. The molecule has 28 heavy (non-hydrogen) atoms. The number of nitrogens with zero attached hydrogens (tertiary/aromatic N) is 4. The third-order valence-corrected chi connectivity index (χ3v) is 6.43. The highest BCUT2D eigenvalue weighted by atomic mass is 32.2. The van der Waals surface area contributed by atoms with Gasteiger partial charge in [-0.05, 0) is 25.3 Å². The van der Waals surface area contributed by atoms with Gasteiger partial charge in [0.25, 0.3) is 5.69 Å². The second-order valence-corrected chi connectivity index (χ2v) is 8.24. The number of non-ortho nitro benzene ring substituents is 1. The minimum Gasteiger partial charge on any atom is -0.473 e. The zero-order chi connectivity index (χ0) is 20.3. The third kappa shape index (κ3) is 4.20. The summed E-state index contributed by atoms with van der Waals surface area (Å²) in [5, 5.41) is 11.0. The number of rotatable bonds is 6. The minimum atomic E-state index is -3.90. The molecule has 3 rings (SSSR count). The van der Waals surface area contributed by atoms with Crippen molar-refractivity contribution in [1.82, 2.24) is 14.3 Å². The molecular formula is C17H20N4O6S. The molecule has 0 saturated carbocycles. The average Bonchev–Trinajstić information content (AvgIpc) is 2.68. The maximum Gasteiger partial charge on any atom is 0.319 e. The summed E-state index contributed by atoms with van der Waals surface area (Å²) in [6.07, 6.45) is 2.35. The van der Waals surface area contributed by atoms with Crippen LogP contribution in [0, 0.1) is 17.0 Å². The molecule has 10 nitrogen and oxygen atoms in total. The maximum atomic E-state index is 13.1. The Labute approximate surface area is 162 Å². The zero-order valence-corrected chi connectivity index (χ0v) is 16.3. The van der Waals surface area contributed by atoms with Gasteiger partial charge in [-0.3, -0.25) is 10.1 Å². The van der Waals surface area contributed by atoms with E-state index < -0.39 is 21.1 Å². The highest BCUT2D eigenvalue weighted by Crippen LogP contribution is 2.28. The first kappa shape index (κ1) is 20.0. The normalized spacial score (nSPS) is 17.9. The predicted octanol–water partition coefficient (Wildman–Crippen LogP) is 1.93. The monoisotopic (exact) mass is 408 g/mol. The number of hydrogen-bond donors (Lipinski definition) is 0. The Morgan fingerprint density at radius 2 is 2.11 bits per heavy atom. The van der Waals surface area contributed by atoms with Gasteiger partial charge in [-0.1, -0.05) is 6.07 Å². The zero-order valence-electron chi connectivity index (χ0n) is 15.4. The van der Waals surface area contributed by atoms with Crippen molar-refractivity contribution in [2.75, 3.05) is 20.2 Å². The summed E-state index contributed by atoms with van der Waals surface area (Å²) in [6, 6.07) is 5.56. The van der Waals surface area contributed by atoms with Crippen molar-refractivity contribution in [2.45, 2.75) is 30.8 Å². The molecule has 0 N–H and O–H groups in total. The Kier molecular flexibility index (Phi) is 5.75. The maximum absolute atomic E-state index is 13.1. The fourth-order valence-electron chi connectivity index (χ4n) is 3.00. The lowest BCUT2D eigenvalue weighted by atomic mass is 10.1. The SMILES string of the molecule is COc1nccc(OC2CCCN(S(=O)(=O)c3cc([N+](=O)[O-])ccc3C)C2)n1.